The normalized spacial score (nSPS) is 12.0. The third-order valence-electron chi connectivity index (χ3n) is 7.05. The van der Waals surface area contributed by atoms with Crippen molar-refractivity contribution >= 4 is 44.1 Å². The predicted octanol–water partition coefficient (Wildman–Crippen LogP) is 8.20. The van der Waals surface area contributed by atoms with Gasteiger partial charge in [-0.3, -0.25) is 0 Å². The van der Waals surface area contributed by atoms with Crippen molar-refractivity contribution in [2.75, 3.05) is 0 Å². The van der Waals surface area contributed by atoms with Gasteiger partial charge >= 0.3 is 6.18 Å². The van der Waals surface area contributed by atoms with Gasteiger partial charge in [0.05, 0.1) is 28.0 Å². The number of aromatic nitrogens is 6. The molecule has 212 valence electrons. The Bertz CT molecular complexity index is 2210. The molecule has 0 radical (unpaired) electrons. The highest BCUT2D eigenvalue weighted by molar-refractivity contribution is 6.19. The van der Waals surface area contributed by atoms with Crippen molar-refractivity contribution in [3.05, 3.63) is 95.3 Å². The van der Waals surface area contributed by atoms with Gasteiger partial charge in [0.1, 0.15) is 44.6 Å². The fourth-order valence-electron chi connectivity index (χ4n) is 4.84. The summed E-state index contributed by atoms with van der Waals surface area (Å²) < 4.78 is 53.7. The molecule has 0 spiro atoms. The molecule has 0 atom stereocenters. The molecule has 7 aromatic rings. The molecule has 4 aromatic carbocycles. The van der Waals surface area contributed by atoms with E-state index in [4.69, 9.17) is 34.4 Å². The van der Waals surface area contributed by atoms with Crippen LogP contribution in [-0.2, 0) is 6.18 Å². The Morgan fingerprint density at radius 1 is 0.512 bits per heavy atom. The van der Waals surface area contributed by atoms with E-state index in [2.05, 4.69) is 4.98 Å². The van der Waals surface area contributed by atoms with Crippen LogP contribution in [0.4, 0.5) is 13.2 Å². The Balaban J connectivity index is 1.59. The lowest BCUT2D eigenvalue weighted by Gasteiger charge is -2.15. The van der Waals surface area contributed by atoms with Crippen LogP contribution in [0, 0.1) is 20.8 Å². The highest BCUT2D eigenvalue weighted by Crippen LogP contribution is 2.39. The monoisotopic (exact) mass is 578 g/mol. The van der Waals surface area contributed by atoms with Gasteiger partial charge in [0, 0.05) is 0 Å². The zero-order valence-corrected chi connectivity index (χ0v) is 23.1. The Morgan fingerprint density at radius 2 is 0.907 bits per heavy atom. The molecule has 0 bridgehead atoms. The van der Waals surface area contributed by atoms with Gasteiger partial charge in [0.15, 0.2) is 0 Å². The van der Waals surface area contributed by atoms with E-state index >= 15 is 0 Å². The molecule has 8 nitrogen and oxygen atoms in total. The second-order valence-electron chi connectivity index (χ2n) is 10.0. The second-order valence-corrected chi connectivity index (χ2v) is 10.0. The maximum absolute atomic E-state index is 13.8. The Hall–Kier alpha value is -5.45. The zero-order chi connectivity index (χ0) is 29.9. The maximum Gasteiger partial charge on any atom is 0.416 e. The molecule has 7 rings (SSSR count). The van der Waals surface area contributed by atoms with Gasteiger partial charge < -0.3 is 9.47 Å². The van der Waals surface area contributed by atoms with E-state index in [0.717, 1.165) is 6.07 Å². The second kappa shape index (κ2) is 9.83. The summed E-state index contributed by atoms with van der Waals surface area (Å²) in [5.74, 6) is 1.07. The molecule has 0 amide bonds. The first kappa shape index (κ1) is 26.4. The molecule has 0 N–H and O–H groups in total. The molecule has 3 heterocycles. The number of rotatable bonds is 4. The van der Waals surface area contributed by atoms with Crippen molar-refractivity contribution in [3.63, 3.8) is 0 Å². The average molecular weight is 579 g/mol. The van der Waals surface area contributed by atoms with Gasteiger partial charge in [-0.25, -0.2) is 29.9 Å². The van der Waals surface area contributed by atoms with Crippen LogP contribution in [0.25, 0.3) is 44.1 Å². The van der Waals surface area contributed by atoms with E-state index in [1.807, 2.05) is 50.2 Å². The highest BCUT2D eigenvalue weighted by atomic mass is 19.4. The van der Waals surface area contributed by atoms with E-state index in [-0.39, 0.29) is 39.4 Å². The average Bonchev–Trinajstić information content (AvgIpc) is 2.98. The van der Waals surface area contributed by atoms with Gasteiger partial charge in [-0.1, -0.05) is 36.4 Å². The van der Waals surface area contributed by atoms with Crippen molar-refractivity contribution in [2.45, 2.75) is 26.9 Å². The van der Waals surface area contributed by atoms with E-state index in [9.17, 15) is 13.2 Å². The van der Waals surface area contributed by atoms with Gasteiger partial charge in [-0.05, 0) is 62.7 Å². The first-order valence-corrected chi connectivity index (χ1v) is 13.3. The molecule has 43 heavy (non-hydrogen) atoms. The molecule has 0 saturated heterocycles. The summed E-state index contributed by atoms with van der Waals surface area (Å²) in [6.45, 7) is 5.04. The first-order valence-electron chi connectivity index (χ1n) is 13.3. The molecule has 0 aliphatic carbocycles. The third-order valence-corrected chi connectivity index (χ3v) is 7.05. The number of nitrogens with zero attached hydrogens (tertiary/aromatic N) is 6. The van der Waals surface area contributed by atoms with Crippen LogP contribution >= 0.6 is 0 Å². The summed E-state index contributed by atoms with van der Waals surface area (Å²) in [4.78, 5) is 28.5. The van der Waals surface area contributed by atoms with Crippen molar-refractivity contribution in [1.29, 1.82) is 0 Å². The molecule has 0 aliphatic rings. The van der Waals surface area contributed by atoms with Gasteiger partial charge in [-0.15, -0.1) is 0 Å². The van der Waals surface area contributed by atoms with E-state index in [1.165, 1.54) is 13.0 Å². The van der Waals surface area contributed by atoms with Crippen molar-refractivity contribution in [1.82, 2.24) is 29.9 Å². The van der Waals surface area contributed by atoms with Crippen LogP contribution in [0.2, 0.25) is 0 Å². The summed E-state index contributed by atoms with van der Waals surface area (Å²) in [7, 11) is 0. The fraction of sp³-hybridized carbons (Fsp3) is 0.125. The van der Waals surface area contributed by atoms with Crippen LogP contribution in [0.15, 0.2) is 72.8 Å². The minimum atomic E-state index is -4.55. The first-order chi connectivity index (χ1) is 20.7. The summed E-state index contributed by atoms with van der Waals surface area (Å²) >= 11 is 0. The standard InChI is InChI=1S/C32H21F3N6O2/c1-16-14-22-23(15-21(16)32(33,34)35)39-27-26(38-22)24-25(37-18(3)17(2)36-24)28-29(27)41-31(43-20-12-8-5-9-13-20)30(40-28)42-19-10-6-4-7-11-19/h4-15H,1-3H3. The maximum atomic E-state index is 13.8. The quantitative estimate of drug-likeness (QED) is 0.152. The molecule has 0 unspecified atom stereocenters. The van der Waals surface area contributed by atoms with E-state index in [1.54, 1.807) is 24.3 Å². The number of hydrogen-bond acceptors (Lipinski definition) is 8. The lowest BCUT2D eigenvalue weighted by molar-refractivity contribution is -0.137. The molecule has 11 heteroatoms. The van der Waals surface area contributed by atoms with Crippen molar-refractivity contribution in [2.24, 2.45) is 0 Å². The minimum absolute atomic E-state index is 0.0294. The summed E-state index contributed by atoms with van der Waals surface area (Å²) in [6.07, 6.45) is -4.55. The topological polar surface area (TPSA) is 95.8 Å². The molecule has 0 saturated carbocycles. The molecular formula is C32H21F3N6O2. The van der Waals surface area contributed by atoms with Crippen LogP contribution in [0.1, 0.15) is 22.5 Å². The summed E-state index contributed by atoms with van der Waals surface area (Å²) in [5, 5.41) is 0. The zero-order valence-electron chi connectivity index (χ0n) is 23.1. The summed E-state index contributed by atoms with van der Waals surface area (Å²) in [5.41, 5.74) is 2.80. The van der Waals surface area contributed by atoms with E-state index < -0.39 is 11.7 Å². The lowest BCUT2D eigenvalue weighted by atomic mass is 10.1. The Kier molecular flexibility index (Phi) is 6.05. The van der Waals surface area contributed by atoms with Crippen LogP contribution in [0.5, 0.6) is 23.3 Å². The number of fused-ring (bicyclic) bond motifs is 7. The van der Waals surface area contributed by atoms with Crippen LogP contribution in [0.3, 0.4) is 0 Å². The van der Waals surface area contributed by atoms with Crippen LogP contribution in [-0.4, -0.2) is 29.9 Å². The molecule has 0 aliphatic heterocycles. The molecule has 3 aromatic heterocycles. The van der Waals surface area contributed by atoms with Crippen molar-refractivity contribution < 1.29 is 22.6 Å². The highest BCUT2D eigenvalue weighted by Gasteiger charge is 2.33. The van der Waals surface area contributed by atoms with Gasteiger partial charge in [0.25, 0.3) is 11.8 Å². The molecule has 0 fully saturated rings. The number of benzene rings is 4. The number of alkyl halides is 3. The third kappa shape index (κ3) is 4.68. The lowest BCUT2D eigenvalue weighted by Crippen LogP contribution is -2.08. The molecular weight excluding hydrogens is 557 g/mol. The predicted molar refractivity (Wildman–Crippen MR) is 155 cm³/mol. The van der Waals surface area contributed by atoms with Gasteiger partial charge in [-0.2, -0.15) is 13.2 Å². The van der Waals surface area contributed by atoms with Gasteiger partial charge in [0.2, 0.25) is 0 Å². The number of ether oxygens (including phenoxy) is 2. The number of hydrogen-bond donors (Lipinski definition) is 0. The van der Waals surface area contributed by atoms with Crippen molar-refractivity contribution in [3.8, 4) is 23.3 Å². The number of aryl methyl sites for hydroxylation is 3. The summed E-state index contributed by atoms with van der Waals surface area (Å²) in [6, 6.07) is 20.4. The Morgan fingerprint density at radius 3 is 1.35 bits per heavy atom. The number of halogens is 3. The fourth-order valence-corrected chi connectivity index (χ4v) is 4.84. The Labute approximate surface area is 242 Å². The van der Waals surface area contributed by atoms with Crippen LogP contribution < -0.4 is 9.47 Å². The van der Waals surface area contributed by atoms with E-state index in [0.29, 0.717) is 45.0 Å². The largest absolute Gasteiger partial charge is 0.435 e. The smallest absolute Gasteiger partial charge is 0.416 e. The minimum Gasteiger partial charge on any atom is -0.435 e. The SMILES string of the molecule is Cc1cc2nc3c4nc(C)c(C)nc4c4nc(Oc5ccccc5)c(Oc5ccccc5)nc4c3nc2cc1C(F)(F)F. The number of para-hydroxylation sites is 2.